The van der Waals surface area contributed by atoms with Crippen molar-refractivity contribution in [2.24, 2.45) is 5.92 Å². The minimum Gasteiger partial charge on any atom is -0.481 e. The molecule has 0 bridgehead atoms. The first-order valence-electron chi connectivity index (χ1n) is 10.3. The molecule has 0 spiro atoms. The Morgan fingerprint density at radius 1 is 1.12 bits per heavy atom. The molecule has 1 atom stereocenters. The van der Waals surface area contributed by atoms with Crippen molar-refractivity contribution in [3.05, 3.63) is 71.9 Å². The van der Waals surface area contributed by atoms with Crippen LogP contribution in [0.3, 0.4) is 0 Å². The largest absolute Gasteiger partial charge is 0.481 e. The zero-order valence-corrected chi connectivity index (χ0v) is 17.3. The second kappa shape index (κ2) is 7.78. The van der Waals surface area contributed by atoms with Crippen LogP contribution in [0, 0.1) is 17.6 Å². The van der Waals surface area contributed by atoms with Gasteiger partial charge in [0.15, 0.2) is 0 Å². The Balaban J connectivity index is 1.29. The summed E-state index contributed by atoms with van der Waals surface area (Å²) in [5, 5.41) is 12.2. The number of benzene rings is 2. The van der Waals surface area contributed by atoms with E-state index in [4.69, 9.17) is 9.84 Å². The van der Waals surface area contributed by atoms with Gasteiger partial charge in [-0.15, -0.1) is 0 Å². The van der Waals surface area contributed by atoms with Crippen LogP contribution in [0.15, 0.2) is 54.7 Å². The molecule has 1 aromatic heterocycles. The van der Waals surface area contributed by atoms with Gasteiger partial charge in [-0.3, -0.25) is 4.79 Å². The SMILES string of the molecule is CN1c2cc(F)ccc2NC1c1ccc(-c2ccc(OC3CC(C(=O)O)C3)nc2)cc1F. The van der Waals surface area contributed by atoms with Crippen LogP contribution in [0.5, 0.6) is 5.88 Å². The third kappa shape index (κ3) is 3.62. The zero-order chi connectivity index (χ0) is 22.4. The molecule has 5 rings (SSSR count). The van der Waals surface area contributed by atoms with E-state index in [0.29, 0.717) is 35.5 Å². The number of nitrogens with one attached hydrogen (secondary N) is 1. The van der Waals surface area contributed by atoms with E-state index in [1.165, 1.54) is 18.2 Å². The summed E-state index contributed by atoms with van der Waals surface area (Å²) in [6, 6.07) is 12.9. The molecule has 1 aliphatic carbocycles. The van der Waals surface area contributed by atoms with E-state index < -0.39 is 12.1 Å². The maximum atomic E-state index is 15.0. The molecule has 0 radical (unpaired) electrons. The Morgan fingerprint density at radius 3 is 2.59 bits per heavy atom. The van der Waals surface area contributed by atoms with Gasteiger partial charge in [-0.05, 0) is 48.7 Å². The number of carboxylic acid groups (broad SMARTS) is 1. The van der Waals surface area contributed by atoms with Crippen molar-refractivity contribution in [1.29, 1.82) is 0 Å². The molecule has 2 aromatic carbocycles. The first-order chi connectivity index (χ1) is 15.4. The van der Waals surface area contributed by atoms with Gasteiger partial charge in [0, 0.05) is 30.4 Å². The van der Waals surface area contributed by atoms with Crippen molar-refractivity contribution in [3.8, 4) is 17.0 Å². The molecule has 1 fully saturated rings. The Kier molecular flexibility index (Phi) is 4.92. The fourth-order valence-corrected chi connectivity index (χ4v) is 4.17. The number of aliphatic carboxylic acids is 1. The molecule has 0 amide bonds. The molecule has 1 aliphatic heterocycles. The van der Waals surface area contributed by atoms with Gasteiger partial charge < -0.3 is 20.1 Å². The molecular weight excluding hydrogens is 416 g/mol. The maximum Gasteiger partial charge on any atom is 0.306 e. The number of halogens is 2. The summed E-state index contributed by atoms with van der Waals surface area (Å²) in [6.45, 7) is 0. The number of rotatable bonds is 5. The number of carboxylic acids is 1. The van der Waals surface area contributed by atoms with Crippen molar-refractivity contribution in [3.63, 3.8) is 0 Å². The van der Waals surface area contributed by atoms with Crippen molar-refractivity contribution in [1.82, 2.24) is 4.98 Å². The molecule has 32 heavy (non-hydrogen) atoms. The van der Waals surface area contributed by atoms with Gasteiger partial charge >= 0.3 is 5.97 Å². The summed E-state index contributed by atoms with van der Waals surface area (Å²) in [5.41, 5.74) is 3.29. The average molecular weight is 437 g/mol. The Morgan fingerprint density at radius 2 is 1.91 bits per heavy atom. The van der Waals surface area contributed by atoms with Gasteiger partial charge in [0.2, 0.25) is 5.88 Å². The highest BCUT2D eigenvalue weighted by Crippen LogP contribution is 2.41. The van der Waals surface area contributed by atoms with Crippen LogP contribution in [-0.2, 0) is 4.79 Å². The number of anilines is 2. The fourth-order valence-electron chi connectivity index (χ4n) is 4.17. The summed E-state index contributed by atoms with van der Waals surface area (Å²) >= 11 is 0. The number of hydrogen-bond acceptors (Lipinski definition) is 5. The number of aromatic nitrogens is 1. The molecule has 2 N–H and O–H groups in total. The van der Waals surface area contributed by atoms with Gasteiger partial charge in [0.1, 0.15) is 23.9 Å². The smallest absolute Gasteiger partial charge is 0.306 e. The summed E-state index contributed by atoms with van der Waals surface area (Å²) in [7, 11) is 1.79. The van der Waals surface area contributed by atoms with Crippen LogP contribution in [0.1, 0.15) is 24.6 Å². The number of hydrogen-bond donors (Lipinski definition) is 2. The molecule has 2 aliphatic rings. The Labute approximate surface area is 183 Å². The fraction of sp³-hybridized carbons (Fsp3) is 0.250. The zero-order valence-electron chi connectivity index (χ0n) is 17.3. The topological polar surface area (TPSA) is 74.7 Å². The van der Waals surface area contributed by atoms with Crippen LogP contribution >= 0.6 is 0 Å². The van der Waals surface area contributed by atoms with E-state index in [0.717, 1.165) is 11.3 Å². The lowest BCUT2D eigenvalue weighted by Gasteiger charge is -2.31. The monoisotopic (exact) mass is 437 g/mol. The predicted molar refractivity (Wildman–Crippen MR) is 116 cm³/mol. The summed E-state index contributed by atoms with van der Waals surface area (Å²) < 4.78 is 34.3. The highest BCUT2D eigenvalue weighted by atomic mass is 19.1. The van der Waals surface area contributed by atoms with Crippen LogP contribution in [0.4, 0.5) is 20.2 Å². The van der Waals surface area contributed by atoms with Crippen LogP contribution in [0.25, 0.3) is 11.1 Å². The van der Waals surface area contributed by atoms with Gasteiger partial charge in [-0.1, -0.05) is 12.1 Å². The predicted octanol–water partition coefficient (Wildman–Crippen LogP) is 4.83. The molecule has 2 heterocycles. The quantitative estimate of drug-likeness (QED) is 0.596. The molecule has 164 valence electrons. The van der Waals surface area contributed by atoms with E-state index >= 15 is 4.39 Å². The first-order valence-corrected chi connectivity index (χ1v) is 10.3. The molecular formula is C24H21F2N3O3. The van der Waals surface area contributed by atoms with Gasteiger partial charge in [0.25, 0.3) is 0 Å². The summed E-state index contributed by atoms with van der Waals surface area (Å²) in [4.78, 5) is 17.0. The molecule has 1 unspecified atom stereocenters. The van der Waals surface area contributed by atoms with Crippen molar-refractivity contribution in [2.45, 2.75) is 25.1 Å². The second-order valence-corrected chi connectivity index (χ2v) is 8.19. The lowest BCUT2D eigenvalue weighted by atomic mass is 9.82. The second-order valence-electron chi connectivity index (χ2n) is 8.19. The third-order valence-electron chi connectivity index (χ3n) is 6.12. The molecule has 0 saturated heterocycles. The number of nitrogens with zero attached hydrogens (tertiary/aromatic N) is 2. The van der Waals surface area contributed by atoms with Crippen molar-refractivity contribution in [2.75, 3.05) is 17.3 Å². The Bertz CT molecular complexity index is 1180. The Hall–Kier alpha value is -3.68. The summed E-state index contributed by atoms with van der Waals surface area (Å²) in [6.07, 6.45) is 1.99. The highest BCUT2D eigenvalue weighted by Gasteiger charge is 2.36. The van der Waals surface area contributed by atoms with E-state index in [-0.39, 0.29) is 23.7 Å². The summed E-state index contributed by atoms with van der Waals surface area (Å²) in [5.74, 6) is -1.45. The minimum atomic E-state index is -0.798. The third-order valence-corrected chi connectivity index (χ3v) is 6.12. The van der Waals surface area contributed by atoms with E-state index in [9.17, 15) is 9.18 Å². The number of carbonyl (C=O) groups is 1. The van der Waals surface area contributed by atoms with Gasteiger partial charge in [-0.2, -0.15) is 0 Å². The van der Waals surface area contributed by atoms with Crippen LogP contribution < -0.4 is 15.0 Å². The number of pyridine rings is 1. The van der Waals surface area contributed by atoms with Crippen LogP contribution in [-0.4, -0.2) is 29.2 Å². The molecule has 1 saturated carbocycles. The van der Waals surface area contributed by atoms with Crippen molar-refractivity contribution >= 4 is 17.3 Å². The first kappa shape index (κ1) is 20.2. The number of ether oxygens (including phenoxy) is 1. The molecule has 6 nitrogen and oxygen atoms in total. The average Bonchev–Trinajstić information content (AvgIpc) is 3.06. The van der Waals surface area contributed by atoms with Crippen molar-refractivity contribution < 1.29 is 23.4 Å². The van der Waals surface area contributed by atoms with E-state index in [1.807, 2.05) is 6.07 Å². The van der Waals surface area contributed by atoms with Gasteiger partial charge in [-0.25, -0.2) is 13.8 Å². The minimum absolute atomic E-state index is 0.139. The molecule has 3 aromatic rings. The highest BCUT2D eigenvalue weighted by molar-refractivity contribution is 5.76. The van der Waals surface area contributed by atoms with Crippen LogP contribution in [0.2, 0.25) is 0 Å². The standard InChI is InChI=1S/C24H21F2N3O3/c1-29-21-11-16(25)4-6-20(21)28-23(29)18-5-2-13(10-19(18)26)14-3-7-22(27-12-14)32-17-8-15(9-17)24(30)31/h2-7,10-12,15,17,23,28H,8-9H2,1H3,(H,30,31). The molecule has 8 heteroatoms. The lowest BCUT2D eigenvalue weighted by molar-refractivity contribution is -0.148. The van der Waals surface area contributed by atoms with Gasteiger partial charge in [0.05, 0.1) is 17.3 Å². The van der Waals surface area contributed by atoms with E-state index in [2.05, 4.69) is 10.3 Å². The number of fused-ring (bicyclic) bond motifs is 1. The van der Waals surface area contributed by atoms with E-state index in [1.54, 1.807) is 42.4 Å². The maximum absolute atomic E-state index is 15.0. The normalized spacial score (nSPS) is 21.5. The lowest BCUT2D eigenvalue weighted by Crippen LogP contribution is -2.38.